The number of nitrogens with one attached hydrogen (secondary N) is 1. The Morgan fingerprint density at radius 2 is 2.00 bits per heavy atom. The standard InChI is InChI=1S/C21H16BrClN4O4S/c1-10(28)26-16-7-5-4-6-13(16)17-19(30)24-21(32-3)25-27(17)20(26)14-8-12(23)9-15(22)18(14)31-11(2)29/h4-9,20H,1-3H3/p+1. The van der Waals surface area contributed by atoms with E-state index in [9.17, 15) is 14.4 Å². The first-order valence-corrected chi connectivity index (χ1v) is 11.8. The molecule has 1 unspecified atom stereocenters. The third-order valence-corrected chi connectivity index (χ3v) is 6.23. The Kier molecular flexibility index (Phi) is 6.11. The summed E-state index contributed by atoms with van der Waals surface area (Å²) in [6, 6.07) is 10.2. The Morgan fingerprint density at radius 3 is 2.66 bits per heavy atom. The van der Waals surface area contributed by atoms with Crippen molar-refractivity contribution in [2.45, 2.75) is 25.2 Å². The smallest absolute Gasteiger partial charge is 0.325 e. The molecule has 0 saturated carbocycles. The molecule has 4 rings (SSSR count). The zero-order valence-corrected chi connectivity index (χ0v) is 20.3. The number of halogens is 2. The molecule has 11 heteroatoms. The van der Waals surface area contributed by atoms with Crippen LogP contribution in [0.2, 0.25) is 5.02 Å². The van der Waals surface area contributed by atoms with E-state index in [1.165, 1.54) is 35.2 Å². The SMILES string of the molecule is CSc1n[n+]2c(c(=O)[nH]1)-c1ccccc1N(C(C)=O)C2c1cc(Cl)cc(Br)c1OC(C)=O. The maximum atomic E-state index is 13.1. The molecule has 1 aromatic heterocycles. The summed E-state index contributed by atoms with van der Waals surface area (Å²) >= 11 is 11.0. The van der Waals surface area contributed by atoms with Gasteiger partial charge in [0.2, 0.25) is 11.1 Å². The van der Waals surface area contributed by atoms with Crippen LogP contribution >= 0.6 is 39.3 Å². The number of aromatic amines is 1. The van der Waals surface area contributed by atoms with Gasteiger partial charge < -0.3 is 4.74 Å². The number of para-hydroxylation sites is 1. The van der Waals surface area contributed by atoms with Gasteiger partial charge in [-0.25, -0.2) is 4.90 Å². The number of carbonyl (C=O) groups excluding carboxylic acids is 2. The molecule has 0 aliphatic carbocycles. The van der Waals surface area contributed by atoms with Gasteiger partial charge >= 0.3 is 17.2 Å². The first kappa shape index (κ1) is 22.5. The predicted molar refractivity (Wildman–Crippen MR) is 124 cm³/mol. The number of ether oxygens (including phenoxy) is 1. The Morgan fingerprint density at radius 1 is 1.28 bits per heavy atom. The van der Waals surface area contributed by atoms with E-state index in [0.717, 1.165) is 0 Å². The van der Waals surface area contributed by atoms with Crippen LogP contribution < -0.4 is 19.9 Å². The number of fused-ring (bicyclic) bond motifs is 3. The van der Waals surface area contributed by atoms with Gasteiger partial charge in [-0.3, -0.25) is 19.4 Å². The summed E-state index contributed by atoms with van der Waals surface area (Å²) in [5.74, 6) is -0.657. The second kappa shape index (κ2) is 8.68. The molecule has 164 valence electrons. The summed E-state index contributed by atoms with van der Waals surface area (Å²) in [4.78, 5) is 42.2. The molecule has 8 nitrogen and oxygen atoms in total. The molecule has 1 aliphatic rings. The fourth-order valence-corrected chi connectivity index (χ4v) is 4.99. The molecule has 1 atom stereocenters. The zero-order valence-electron chi connectivity index (χ0n) is 17.2. The molecule has 2 heterocycles. The van der Waals surface area contributed by atoms with Crippen molar-refractivity contribution in [2.24, 2.45) is 0 Å². The Bertz CT molecular complexity index is 1330. The highest BCUT2D eigenvalue weighted by Gasteiger charge is 2.46. The number of esters is 1. The first-order valence-electron chi connectivity index (χ1n) is 9.39. The molecule has 1 aliphatic heterocycles. The Labute approximate surface area is 200 Å². The van der Waals surface area contributed by atoms with Gasteiger partial charge in [-0.1, -0.05) is 35.5 Å². The number of rotatable bonds is 3. The molecular formula is C21H17BrClN4O4S+. The van der Waals surface area contributed by atoms with Gasteiger partial charge in [-0.2, -0.15) is 0 Å². The van der Waals surface area contributed by atoms with Crippen LogP contribution in [0.25, 0.3) is 11.3 Å². The summed E-state index contributed by atoms with van der Waals surface area (Å²) in [5, 5.41) is 5.30. The molecule has 0 fully saturated rings. The molecule has 32 heavy (non-hydrogen) atoms. The Balaban J connectivity index is 2.14. The van der Waals surface area contributed by atoms with Crippen LogP contribution in [0, 0.1) is 0 Å². The van der Waals surface area contributed by atoms with Gasteiger partial charge in [0.1, 0.15) is 0 Å². The number of hydrogen-bond donors (Lipinski definition) is 1. The summed E-state index contributed by atoms with van der Waals surface area (Å²) in [6.45, 7) is 2.70. The lowest BCUT2D eigenvalue weighted by Crippen LogP contribution is -2.60. The van der Waals surface area contributed by atoms with Crippen LogP contribution in [0.5, 0.6) is 5.75 Å². The van der Waals surface area contributed by atoms with Crippen LogP contribution in [-0.2, 0) is 9.59 Å². The minimum Gasteiger partial charge on any atom is -0.425 e. The van der Waals surface area contributed by atoms with Crippen LogP contribution in [0.4, 0.5) is 5.69 Å². The highest BCUT2D eigenvalue weighted by atomic mass is 79.9. The van der Waals surface area contributed by atoms with E-state index in [4.69, 9.17) is 16.3 Å². The van der Waals surface area contributed by atoms with Gasteiger partial charge in [0.05, 0.1) is 21.3 Å². The lowest BCUT2D eigenvalue weighted by molar-refractivity contribution is -0.763. The molecule has 0 spiro atoms. The number of thioether (sulfide) groups is 1. The van der Waals surface area contributed by atoms with E-state index in [2.05, 4.69) is 26.0 Å². The average Bonchev–Trinajstić information content (AvgIpc) is 2.73. The fourth-order valence-electron chi connectivity index (χ4n) is 3.71. The van der Waals surface area contributed by atoms with E-state index in [-0.39, 0.29) is 22.9 Å². The number of H-pyrrole nitrogens is 1. The van der Waals surface area contributed by atoms with Crippen molar-refractivity contribution in [1.82, 2.24) is 10.1 Å². The van der Waals surface area contributed by atoms with Gasteiger partial charge in [0.25, 0.3) is 6.17 Å². The normalized spacial score (nSPS) is 14.5. The quantitative estimate of drug-likeness (QED) is 0.237. The monoisotopic (exact) mass is 535 g/mol. The number of anilines is 1. The second-order valence-corrected chi connectivity index (χ2v) is 9.02. The third-order valence-electron chi connectivity index (χ3n) is 4.85. The predicted octanol–water partition coefficient (Wildman–Crippen LogP) is 3.70. The maximum Gasteiger partial charge on any atom is 0.325 e. The molecule has 1 amide bonds. The molecule has 1 N–H and O–H groups in total. The maximum absolute atomic E-state index is 13.1. The minimum absolute atomic E-state index is 0.184. The topological polar surface area (TPSA) is 96.2 Å². The Hall–Kier alpha value is -2.69. The summed E-state index contributed by atoms with van der Waals surface area (Å²) < 4.78 is 7.38. The number of amides is 1. The first-order chi connectivity index (χ1) is 15.2. The van der Waals surface area contributed by atoms with E-state index < -0.39 is 12.1 Å². The van der Waals surface area contributed by atoms with E-state index >= 15 is 0 Å². The van der Waals surface area contributed by atoms with E-state index in [0.29, 0.717) is 31.5 Å². The minimum atomic E-state index is -0.935. The molecule has 0 radical (unpaired) electrons. The lowest BCUT2D eigenvalue weighted by Gasteiger charge is -2.32. The summed E-state index contributed by atoms with van der Waals surface area (Å²) in [7, 11) is 0. The van der Waals surface area contributed by atoms with Crippen molar-refractivity contribution in [2.75, 3.05) is 11.2 Å². The van der Waals surface area contributed by atoms with Gasteiger partial charge in [-0.15, -0.1) is 0 Å². The van der Waals surface area contributed by atoms with Crippen molar-refractivity contribution < 1.29 is 19.0 Å². The second-order valence-electron chi connectivity index (χ2n) is 6.94. The van der Waals surface area contributed by atoms with Crippen LogP contribution in [-0.4, -0.2) is 28.2 Å². The largest absolute Gasteiger partial charge is 0.425 e. The number of aromatic nitrogens is 3. The molecule has 0 bridgehead atoms. The highest BCUT2D eigenvalue weighted by molar-refractivity contribution is 9.10. The van der Waals surface area contributed by atoms with Crippen LogP contribution in [0.3, 0.4) is 0 Å². The molecule has 0 saturated heterocycles. The van der Waals surface area contributed by atoms with Crippen LogP contribution in [0.15, 0.2) is 50.8 Å². The fraction of sp³-hybridized carbons (Fsp3) is 0.190. The van der Waals surface area contributed by atoms with E-state index in [1.54, 1.807) is 42.7 Å². The number of carbonyl (C=O) groups is 2. The number of benzene rings is 2. The van der Waals surface area contributed by atoms with E-state index in [1.807, 2.05) is 0 Å². The third kappa shape index (κ3) is 3.82. The summed E-state index contributed by atoms with van der Waals surface area (Å²) in [5.41, 5.74) is 1.38. The number of nitrogens with zero attached hydrogens (tertiary/aromatic N) is 3. The molecule has 3 aromatic rings. The molecule has 2 aromatic carbocycles. The number of hydrogen-bond acceptors (Lipinski definition) is 6. The van der Waals surface area contributed by atoms with Gasteiger partial charge in [0.15, 0.2) is 5.75 Å². The zero-order chi connectivity index (χ0) is 23.2. The van der Waals surface area contributed by atoms with Crippen molar-refractivity contribution in [3.63, 3.8) is 0 Å². The molecular weight excluding hydrogens is 520 g/mol. The average molecular weight is 537 g/mol. The van der Waals surface area contributed by atoms with Gasteiger partial charge in [0, 0.05) is 24.0 Å². The van der Waals surface area contributed by atoms with Crippen LogP contribution in [0.1, 0.15) is 25.6 Å². The summed E-state index contributed by atoms with van der Waals surface area (Å²) in [6.07, 6.45) is 0.843. The van der Waals surface area contributed by atoms with Crippen molar-refractivity contribution in [3.05, 3.63) is 61.8 Å². The van der Waals surface area contributed by atoms with Gasteiger partial charge in [-0.05, 0) is 51.1 Å². The van der Waals surface area contributed by atoms with Crippen molar-refractivity contribution >= 4 is 56.9 Å². The lowest BCUT2D eigenvalue weighted by atomic mass is 10.0. The van der Waals surface area contributed by atoms with Crippen molar-refractivity contribution in [3.8, 4) is 17.0 Å². The highest BCUT2D eigenvalue weighted by Crippen LogP contribution is 2.42. The van der Waals surface area contributed by atoms with Crippen molar-refractivity contribution in [1.29, 1.82) is 0 Å².